The Bertz CT molecular complexity index is 563. The van der Waals surface area contributed by atoms with Gasteiger partial charge in [-0.1, -0.05) is 12.1 Å². The molecule has 2 rings (SSSR count). The third kappa shape index (κ3) is 4.47. The molecule has 1 N–H and O–H groups in total. The topological polar surface area (TPSA) is 67.9 Å². The largest absolute Gasteiger partial charge is 0.497 e. The van der Waals surface area contributed by atoms with Crippen LogP contribution in [0.3, 0.4) is 0 Å². The van der Waals surface area contributed by atoms with Gasteiger partial charge in [0.25, 0.3) is 0 Å². The highest BCUT2D eigenvalue weighted by Crippen LogP contribution is 2.20. The van der Waals surface area contributed by atoms with Crippen molar-refractivity contribution in [3.05, 3.63) is 29.8 Å². The van der Waals surface area contributed by atoms with Gasteiger partial charge in [0.1, 0.15) is 11.2 Å². The molecule has 0 unspecified atom stereocenters. The number of nitrogens with zero attached hydrogens (tertiary/aromatic N) is 1. The summed E-state index contributed by atoms with van der Waals surface area (Å²) in [7, 11) is 1.63. The van der Waals surface area contributed by atoms with E-state index in [0.29, 0.717) is 39.3 Å². The summed E-state index contributed by atoms with van der Waals surface area (Å²) in [6, 6.07) is 7.72. The number of methoxy groups -OCH3 is 1. The molecular formula is C18H26N2O4. The molecule has 1 saturated heterocycles. The van der Waals surface area contributed by atoms with Crippen LogP contribution < -0.4 is 10.1 Å². The lowest BCUT2D eigenvalue weighted by Gasteiger charge is -2.33. The standard InChI is InChI=1S/C18H26N2O4/c1-18(2,17(22)20-10-12-24-13-11-20)16(21)19-9-8-14-4-6-15(23-3)7-5-14/h4-7H,8-13H2,1-3H3,(H,19,21). The van der Waals surface area contributed by atoms with E-state index in [1.807, 2.05) is 24.3 Å². The first-order valence-corrected chi connectivity index (χ1v) is 8.23. The van der Waals surface area contributed by atoms with Crippen molar-refractivity contribution in [2.75, 3.05) is 40.0 Å². The van der Waals surface area contributed by atoms with Gasteiger partial charge in [0.05, 0.1) is 20.3 Å². The highest BCUT2D eigenvalue weighted by atomic mass is 16.5. The van der Waals surface area contributed by atoms with Crippen LogP contribution in [-0.2, 0) is 20.7 Å². The normalized spacial score (nSPS) is 15.0. The molecule has 0 aromatic heterocycles. The lowest BCUT2D eigenvalue weighted by atomic mass is 9.90. The number of hydrogen-bond acceptors (Lipinski definition) is 4. The Balaban J connectivity index is 1.84. The molecule has 6 heteroatoms. The van der Waals surface area contributed by atoms with Gasteiger partial charge < -0.3 is 19.7 Å². The van der Waals surface area contributed by atoms with Gasteiger partial charge >= 0.3 is 0 Å². The van der Waals surface area contributed by atoms with Crippen LogP contribution in [0.25, 0.3) is 0 Å². The first kappa shape index (κ1) is 18.3. The SMILES string of the molecule is COc1ccc(CCNC(=O)C(C)(C)C(=O)N2CCOCC2)cc1. The Morgan fingerprint density at radius 2 is 1.83 bits per heavy atom. The molecule has 132 valence electrons. The number of amides is 2. The maximum atomic E-state index is 12.6. The summed E-state index contributed by atoms with van der Waals surface area (Å²) in [5, 5.41) is 2.87. The summed E-state index contributed by atoms with van der Waals surface area (Å²) >= 11 is 0. The van der Waals surface area contributed by atoms with E-state index in [9.17, 15) is 9.59 Å². The molecule has 0 aliphatic carbocycles. The highest BCUT2D eigenvalue weighted by molar-refractivity contribution is 6.04. The molecule has 6 nitrogen and oxygen atoms in total. The smallest absolute Gasteiger partial charge is 0.237 e. The second-order valence-corrected chi connectivity index (χ2v) is 6.38. The van der Waals surface area contributed by atoms with Crippen molar-refractivity contribution in [2.45, 2.75) is 20.3 Å². The minimum Gasteiger partial charge on any atom is -0.497 e. The van der Waals surface area contributed by atoms with Gasteiger partial charge in [-0.25, -0.2) is 0 Å². The maximum Gasteiger partial charge on any atom is 0.237 e. The van der Waals surface area contributed by atoms with Crippen LogP contribution in [0, 0.1) is 5.41 Å². The van der Waals surface area contributed by atoms with E-state index in [1.165, 1.54) is 0 Å². The Kier molecular flexibility index (Phi) is 6.20. The van der Waals surface area contributed by atoms with Gasteiger partial charge in [0, 0.05) is 19.6 Å². The van der Waals surface area contributed by atoms with E-state index < -0.39 is 5.41 Å². The second kappa shape index (κ2) is 8.15. The summed E-state index contributed by atoms with van der Waals surface area (Å²) < 4.78 is 10.4. The van der Waals surface area contributed by atoms with Gasteiger partial charge in [-0.3, -0.25) is 9.59 Å². The molecule has 0 saturated carbocycles. The fraction of sp³-hybridized carbons (Fsp3) is 0.556. The van der Waals surface area contributed by atoms with Crippen molar-refractivity contribution >= 4 is 11.8 Å². The van der Waals surface area contributed by atoms with Gasteiger partial charge in [-0.2, -0.15) is 0 Å². The molecule has 1 aliphatic rings. The zero-order valence-electron chi connectivity index (χ0n) is 14.6. The number of carbonyl (C=O) groups is 2. The van der Waals surface area contributed by atoms with Crippen LogP contribution in [0.1, 0.15) is 19.4 Å². The average molecular weight is 334 g/mol. The van der Waals surface area contributed by atoms with Crippen molar-refractivity contribution in [1.29, 1.82) is 0 Å². The van der Waals surface area contributed by atoms with Crippen LogP contribution >= 0.6 is 0 Å². The van der Waals surface area contributed by atoms with Crippen molar-refractivity contribution in [2.24, 2.45) is 5.41 Å². The number of nitrogens with one attached hydrogen (secondary N) is 1. The third-order valence-corrected chi connectivity index (χ3v) is 4.26. The monoisotopic (exact) mass is 334 g/mol. The zero-order valence-corrected chi connectivity index (χ0v) is 14.6. The van der Waals surface area contributed by atoms with Crippen LogP contribution in [0.2, 0.25) is 0 Å². The lowest BCUT2D eigenvalue weighted by molar-refractivity contribution is -0.151. The Labute approximate surface area is 143 Å². The van der Waals surface area contributed by atoms with Crippen molar-refractivity contribution in [3.63, 3.8) is 0 Å². The first-order valence-electron chi connectivity index (χ1n) is 8.23. The second-order valence-electron chi connectivity index (χ2n) is 6.38. The van der Waals surface area contributed by atoms with Crippen LogP contribution in [-0.4, -0.2) is 56.7 Å². The Morgan fingerprint density at radius 3 is 2.42 bits per heavy atom. The van der Waals surface area contributed by atoms with Crippen LogP contribution in [0.15, 0.2) is 24.3 Å². The number of morpholine rings is 1. The van der Waals surface area contributed by atoms with Crippen LogP contribution in [0.4, 0.5) is 0 Å². The molecular weight excluding hydrogens is 308 g/mol. The minimum absolute atomic E-state index is 0.146. The van der Waals surface area contributed by atoms with E-state index in [1.54, 1.807) is 25.9 Å². The van der Waals surface area contributed by atoms with E-state index in [-0.39, 0.29) is 11.8 Å². The van der Waals surface area contributed by atoms with Gasteiger partial charge in [-0.05, 0) is 38.0 Å². The Morgan fingerprint density at radius 1 is 1.21 bits per heavy atom. The van der Waals surface area contributed by atoms with Crippen molar-refractivity contribution in [3.8, 4) is 5.75 Å². The van der Waals surface area contributed by atoms with Crippen LogP contribution in [0.5, 0.6) is 5.75 Å². The molecule has 1 aromatic rings. The molecule has 1 aliphatic heterocycles. The van der Waals surface area contributed by atoms with E-state index in [0.717, 1.165) is 11.3 Å². The Hall–Kier alpha value is -2.08. The zero-order chi connectivity index (χ0) is 17.6. The predicted molar refractivity (Wildman–Crippen MR) is 90.9 cm³/mol. The number of ether oxygens (including phenoxy) is 2. The van der Waals surface area contributed by atoms with Gasteiger partial charge in [0.2, 0.25) is 11.8 Å². The van der Waals surface area contributed by atoms with Gasteiger partial charge in [-0.15, -0.1) is 0 Å². The maximum absolute atomic E-state index is 12.6. The lowest BCUT2D eigenvalue weighted by Crippen LogP contribution is -2.52. The number of carbonyl (C=O) groups excluding carboxylic acids is 2. The fourth-order valence-corrected chi connectivity index (χ4v) is 2.59. The fourth-order valence-electron chi connectivity index (χ4n) is 2.59. The molecule has 0 atom stereocenters. The molecule has 24 heavy (non-hydrogen) atoms. The first-order chi connectivity index (χ1) is 11.4. The summed E-state index contributed by atoms with van der Waals surface area (Å²) in [5.74, 6) is 0.417. The summed E-state index contributed by atoms with van der Waals surface area (Å²) in [4.78, 5) is 26.7. The third-order valence-electron chi connectivity index (χ3n) is 4.26. The van der Waals surface area contributed by atoms with E-state index in [2.05, 4.69) is 5.32 Å². The minimum atomic E-state index is -1.07. The molecule has 0 radical (unpaired) electrons. The van der Waals surface area contributed by atoms with E-state index >= 15 is 0 Å². The summed E-state index contributed by atoms with van der Waals surface area (Å²) in [6.45, 7) is 5.98. The number of rotatable bonds is 6. The number of hydrogen-bond donors (Lipinski definition) is 1. The molecule has 0 bridgehead atoms. The van der Waals surface area contributed by atoms with E-state index in [4.69, 9.17) is 9.47 Å². The molecule has 1 heterocycles. The summed E-state index contributed by atoms with van der Waals surface area (Å²) in [6.07, 6.45) is 0.706. The summed E-state index contributed by atoms with van der Waals surface area (Å²) in [5.41, 5.74) is 0.0328. The van der Waals surface area contributed by atoms with Crippen molar-refractivity contribution in [1.82, 2.24) is 10.2 Å². The van der Waals surface area contributed by atoms with Gasteiger partial charge in [0.15, 0.2) is 0 Å². The average Bonchev–Trinajstić information content (AvgIpc) is 2.62. The predicted octanol–water partition coefficient (Wildman–Crippen LogP) is 1.24. The molecule has 0 spiro atoms. The molecule has 1 aromatic carbocycles. The number of benzene rings is 1. The quantitative estimate of drug-likeness (QED) is 0.795. The van der Waals surface area contributed by atoms with Crippen molar-refractivity contribution < 1.29 is 19.1 Å². The molecule has 2 amide bonds. The highest BCUT2D eigenvalue weighted by Gasteiger charge is 2.39. The molecule has 1 fully saturated rings.